The van der Waals surface area contributed by atoms with Crippen LogP contribution in [-0.4, -0.2) is 18.8 Å². The molecule has 0 saturated carbocycles. The normalized spacial score (nSPS) is 16.7. The molecule has 0 aliphatic carbocycles. The predicted octanol–water partition coefficient (Wildman–Crippen LogP) is 4.32. The Morgan fingerprint density at radius 2 is 2.18 bits per heavy atom. The standard InChI is InChI=1S/C17H16ClNO2S/c1-21-13-4-2-3-11(9-13)17(20)19-15-7-8-22-16-6-5-12(18)10-14(15)16/h2-6,9-10,15H,7-8H2,1H3,(H,19,20)/t15-/m0/s1. The molecule has 1 aliphatic heterocycles. The van der Waals surface area contributed by atoms with Crippen LogP contribution in [0.2, 0.25) is 5.02 Å². The van der Waals surface area contributed by atoms with Gasteiger partial charge in [-0.2, -0.15) is 0 Å². The van der Waals surface area contributed by atoms with Gasteiger partial charge in [-0.15, -0.1) is 11.8 Å². The van der Waals surface area contributed by atoms with Crippen molar-refractivity contribution in [3.05, 3.63) is 58.6 Å². The van der Waals surface area contributed by atoms with E-state index in [9.17, 15) is 4.79 Å². The van der Waals surface area contributed by atoms with Crippen LogP contribution >= 0.6 is 23.4 Å². The van der Waals surface area contributed by atoms with Gasteiger partial charge in [-0.05, 0) is 48.4 Å². The largest absolute Gasteiger partial charge is 0.497 e. The van der Waals surface area contributed by atoms with Gasteiger partial charge >= 0.3 is 0 Å². The number of methoxy groups -OCH3 is 1. The minimum Gasteiger partial charge on any atom is -0.497 e. The maximum absolute atomic E-state index is 12.5. The summed E-state index contributed by atoms with van der Waals surface area (Å²) in [4.78, 5) is 13.7. The molecule has 2 aromatic rings. The number of thioether (sulfide) groups is 1. The van der Waals surface area contributed by atoms with Crippen LogP contribution < -0.4 is 10.1 Å². The van der Waals surface area contributed by atoms with Crippen molar-refractivity contribution >= 4 is 29.3 Å². The number of fused-ring (bicyclic) bond motifs is 1. The molecule has 1 amide bonds. The third-order valence-corrected chi connectivity index (χ3v) is 5.01. The molecule has 114 valence electrons. The van der Waals surface area contributed by atoms with E-state index in [4.69, 9.17) is 16.3 Å². The number of halogens is 1. The molecule has 3 rings (SSSR count). The molecule has 1 aliphatic rings. The number of ether oxygens (including phenoxy) is 1. The number of hydrogen-bond donors (Lipinski definition) is 1. The smallest absolute Gasteiger partial charge is 0.251 e. The van der Waals surface area contributed by atoms with E-state index < -0.39 is 0 Å². The molecule has 0 radical (unpaired) electrons. The highest BCUT2D eigenvalue weighted by Crippen LogP contribution is 2.37. The highest BCUT2D eigenvalue weighted by atomic mass is 35.5. The molecular formula is C17H16ClNO2S. The first kappa shape index (κ1) is 15.3. The summed E-state index contributed by atoms with van der Waals surface area (Å²) in [6.07, 6.45) is 0.897. The number of nitrogens with one attached hydrogen (secondary N) is 1. The average molecular weight is 334 g/mol. The van der Waals surface area contributed by atoms with Crippen molar-refractivity contribution in [3.63, 3.8) is 0 Å². The third kappa shape index (κ3) is 3.23. The van der Waals surface area contributed by atoms with Crippen molar-refractivity contribution in [1.29, 1.82) is 0 Å². The number of amides is 1. The summed E-state index contributed by atoms with van der Waals surface area (Å²) >= 11 is 7.90. The molecule has 0 bridgehead atoms. The van der Waals surface area contributed by atoms with Crippen molar-refractivity contribution in [2.24, 2.45) is 0 Å². The summed E-state index contributed by atoms with van der Waals surface area (Å²) < 4.78 is 5.17. The predicted molar refractivity (Wildman–Crippen MR) is 90.0 cm³/mol. The Balaban J connectivity index is 1.82. The minimum absolute atomic E-state index is 0.00588. The molecule has 1 heterocycles. The Labute approximate surface area is 139 Å². The molecule has 2 aromatic carbocycles. The van der Waals surface area contributed by atoms with Gasteiger partial charge in [0, 0.05) is 21.2 Å². The quantitative estimate of drug-likeness (QED) is 0.909. The first-order chi connectivity index (χ1) is 10.7. The van der Waals surface area contributed by atoms with Crippen LogP contribution in [0.15, 0.2) is 47.4 Å². The van der Waals surface area contributed by atoms with Crippen molar-refractivity contribution in [2.75, 3.05) is 12.9 Å². The summed E-state index contributed by atoms with van der Waals surface area (Å²) in [5.74, 6) is 1.56. The van der Waals surface area contributed by atoms with E-state index in [1.807, 2.05) is 30.3 Å². The lowest BCUT2D eigenvalue weighted by Crippen LogP contribution is -2.30. The molecule has 0 saturated heterocycles. The first-order valence-corrected chi connectivity index (χ1v) is 8.41. The molecule has 3 nitrogen and oxygen atoms in total. The van der Waals surface area contributed by atoms with Crippen LogP contribution in [-0.2, 0) is 0 Å². The van der Waals surface area contributed by atoms with E-state index in [0.29, 0.717) is 16.3 Å². The van der Waals surface area contributed by atoms with Gasteiger partial charge in [0.15, 0.2) is 0 Å². The van der Waals surface area contributed by atoms with Gasteiger partial charge in [-0.1, -0.05) is 17.7 Å². The zero-order valence-corrected chi connectivity index (χ0v) is 13.7. The van der Waals surface area contributed by atoms with E-state index in [0.717, 1.165) is 17.7 Å². The number of carbonyl (C=O) groups is 1. The van der Waals surface area contributed by atoms with Gasteiger partial charge in [0.05, 0.1) is 13.2 Å². The molecule has 22 heavy (non-hydrogen) atoms. The number of rotatable bonds is 3. The highest BCUT2D eigenvalue weighted by Gasteiger charge is 2.23. The van der Waals surface area contributed by atoms with E-state index in [1.54, 1.807) is 31.0 Å². The maximum atomic E-state index is 12.5. The Morgan fingerprint density at radius 3 is 3.00 bits per heavy atom. The van der Waals surface area contributed by atoms with E-state index in [-0.39, 0.29) is 11.9 Å². The van der Waals surface area contributed by atoms with E-state index >= 15 is 0 Å². The fourth-order valence-corrected chi connectivity index (χ4v) is 3.81. The van der Waals surface area contributed by atoms with Crippen LogP contribution in [0.1, 0.15) is 28.4 Å². The van der Waals surface area contributed by atoms with Gasteiger partial charge in [-0.25, -0.2) is 0 Å². The fraction of sp³-hybridized carbons (Fsp3) is 0.235. The second-order valence-corrected chi connectivity index (χ2v) is 6.65. The minimum atomic E-state index is -0.0956. The molecular weight excluding hydrogens is 318 g/mol. The fourth-order valence-electron chi connectivity index (χ4n) is 2.52. The van der Waals surface area contributed by atoms with Crippen molar-refractivity contribution in [3.8, 4) is 5.75 Å². The Hall–Kier alpha value is -1.65. The van der Waals surface area contributed by atoms with Crippen molar-refractivity contribution < 1.29 is 9.53 Å². The first-order valence-electron chi connectivity index (χ1n) is 7.04. The summed E-state index contributed by atoms with van der Waals surface area (Å²) in [6.45, 7) is 0. The van der Waals surface area contributed by atoms with E-state index in [2.05, 4.69) is 5.32 Å². The molecule has 0 fully saturated rings. The summed E-state index contributed by atoms with van der Waals surface area (Å²) in [6, 6.07) is 13.0. The lowest BCUT2D eigenvalue weighted by molar-refractivity contribution is 0.0934. The number of benzene rings is 2. The molecule has 0 unspecified atom stereocenters. The Bertz CT molecular complexity index is 705. The van der Waals surface area contributed by atoms with Gasteiger partial charge in [-0.3, -0.25) is 4.79 Å². The molecule has 5 heteroatoms. The van der Waals surface area contributed by atoms with Gasteiger partial charge in [0.2, 0.25) is 0 Å². The van der Waals surface area contributed by atoms with Crippen LogP contribution in [0.3, 0.4) is 0 Å². The zero-order chi connectivity index (χ0) is 15.5. The highest BCUT2D eigenvalue weighted by molar-refractivity contribution is 7.99. The Morgan fingerprint density at radius 1 is 1.32 bits per heavy atom. The lowest BCUT2D eigenvalue weighted by atomic mass is 10.0. The SMILES string of the molecule is COc1cccc(C(=O)N[C@H]2CCSc3ccc(Cl)cc32)c1. The summed E-state index contributed by atoms with van der Waals surface area (Å²) in [5.41, 5.74) is 1.70. The van der Waals surface area contributed by atoms with Crippen LogP contribution in [0, 0.1) is 0 Å². The molecule has 1 N–H and O–H groups in total. The van der Waals surface area contributed by atoms with Crippen molar-refractivity contribution in [2.45, 2.75) is 17.4 Å². The van der Waals surface area contributed by atoms with Crippen LogP contribution in [0.5, 0.6) is 5.75 Å². The zero-order valence-electron chi connectivity index (χ0n) is 12.1. The molecule has 0 aromatic heterocycles. The van der Waals surface area contributed by atoms with Gasteiger partial charge in [0.1, 0.15) is 5.75 Å². The third-order valence-electron chi connectivity index (χ3n) is 3.65. The number of carbonyl (C=O) groups excluding carboxylic acids is 1. The van der Waals surface area contributed by atoms with Crippen LogP contribution in [0.4, 0.5) is 0 Å². The number of hydrogen-bond acceptors (Lipinski definition) is 3. The monoisotopic (exact) mass is 333 g/mol. The lowest BCUT2D eigenvalue weighted by Gasteiger charge is -2.26. The summed E-state index contributed by atoms with van der Waals surface area (Å²) in [5, 5.41) is 3.80. The second kappa shape index (κ2) is 6.63. The average Bonchev–Trinajstić information content (AvgIpc) is 2.55. The van der Waals surface area contributed by atoms with Crippen molar-refractivity contribution in [1.82, 2.24) is 5.32 Å². The maximum Gasteiger partial charge on any atom is 0.251 e. The van der Waals surface area contributed by atoms with E-state index in [1.165, 1.54) is 4.90 Å². The van der Waals surface area contributed by atoms with Gasteiger partial charge < -0.3 is 10.1 Å². The summed E-state index contributed by atoms with van der Waals surface area (Å²) in [7, 11) is 1.59. The van der Waals surface area contributed by atoms with Gasteiger partial charge in [0.25, 0.3) is 5.91 Å². The van der Waals surface area contributed by atoms with Crippen LogP contribution in [0.25, 0.3) is 0 Å². The second-order valence-electron chi connectivity index (χ2n) is 5.08. The molecule has 1 atom stereocenters. The topological polar surface area (TPSA) is 38.3 Å². The molecule has 0 spiro atoms. The Kier molecular flexibility index (Phi) is 4.60.